The standard InChI is InChI=1S/C26H35N7O2S/c27-22-10-2-17(3-11-22)1-4-21-9-12-23(24(25(21)36(28,34)35)26-30-32-33-31-26)20-7-5-18(6-8-20)19-13-15-29-16-14-19/h5-9,12,17,19,22,29H,1-4,10-11,13-16,27H2,(H2,28,34,35)(H,30,31,32,33)/t17-,22+. The van der Waals surface area contributed by atoms with Gasteiger partial charge in [-0.15, -0.1) is 10.2 Å². The van der Waals surface area contributed by atoms with E-state index in [0.717, 1.165) is 69.2 Å². The van der Waals surface area contributed by atoms with Crippen LogP contribution < -0.4 is 16.2 Å². The van der Waals surface area contributed by atoms with Crippen LogP contribution in [0.5, 0.6) is 0 Å². The Morgan fingerprint density at radius 2 is 1.67 bits per heavy atom. The van der Waals surface area contributed by atoms with E-state index in [9.17, 15) is 8.42 Å². The number of H-pyrrole nitrogens is 1. The van der Waals surface area contributed by atoms with Crippen molar-refractivity contribution in [2.24, 2.45) is 16.8 Å². The molecule has 1 saturated heterocycles. The van der Waals surface area contributed by atoms with Crippen LogP contribution in [0.25, 0.3) is 22.5 Å². The number of aromatic nitrogens is 4. The summed E-state index contributed by atoms with van der Waals surface area (Å²) in [6, 6.07) is 12.5. The molecule has 192 valence electrons. The topological polar surface area (TPSA) is 153 Å². The molecule has 10 heteroatoms. The zero-order valence-corrected chi connectivity index (χ0v) is 21.3. The number of rotatable bonds is 7. The zero-order chi connectivity index (χ0) is 25.1. The maximum Gasteiger partial charge on any atom is 0.239 e. The lowest BCUT2D eigenvalue weighted by Crippen LogP contribution is -2.26. The van der Waals surface area contributed by atoms with Gasteiger partial charge < -0.3 is 11.1 Å². The van der Waals surface area contributed by atoms with Gasteiger partial charge in [-0.05, 0) is 104 Å². The lowest BCUT2D eigenvalue weighted by Gasteiger charge is -2.26. The largest absolute Gasteiger partial charge is 0.328 e. The second kappa shape index (κ2) is 10.8. The Bertz CT molecular complexity index is 1260. The Morgan fingerprint density at radius 3 is 2.31 bits per heavy atom. The van der Waals surface area contributed by atoms with E-state index in [1.165, 1.54) is 5.56 Å². The summed E-state index contributed by atoms with van der Waals surface area (Å²) in [7, 11) is -4.06. The lowest BCUT2D eigenvalue weighted by molar-refractivity contribution is 0.310. The van der Waals surface area contributed by atoms with Crippen molar-refractivity contribution in [3.8, 4) is 22.5 Å². The molecule has 5 rings (SSSR count). The summed E-state index contributed by atoms with van der Waals surface area (Å²) >= 11 is 0. The van der Waals surface area contributed by atoms with Gasteiger partial charge in [-0.25, -0.2) is 13.6 Å². The summed E-state index contributed by atoms with van der Waals surface area (Å²) in [4.78, 5) is 0.0938. The highest BCUT2D eigenvalue weighted by Gasteiger charge is 2.27. The van der Waals surface area contributed by atoms with Crippen LogP contribution in [0.1, 0.15) is 62.0 Å². The smallest absolute Gasteiger partial charge is 0.239 e. The summed E-state index contributed by atoms with van der Waals surface area (Å²) < 4.78 is 26.0. The molecule has 0 unspecified atom stereocenters. The first kappa shape index (κ1) is 25.0. The fraction of sp³-hybridized carbons (Fsp3) is 0.500. The molecule has 1 saturated carbocycles. The molecule has 1 aliphatic heterocycles. The number of tetrazole rings is 1. The Kier molecular flexibility index (Phi) is 7.47. The Morgan fingerprint density at radius 1 is 0.944 bits per heavy atom. The van der Waals surface area contributed by atoms with Crippen LogP contribution >= 0.6 is 0 Å². The number of aromatic amines is 1. The Balaban J connectivity index is 1.52. The fourth-order valence-corrected chi connectivity index (χ4v) is 6.83. The molecule has 2 fully saturated rings. The summed E-state index contributed by atoms with van der Waals surface area (Å²) in [5.41, 5.74) is 10.1. The van der Waals surface area contributed by atoms with Gasteiger partial charge in [-0.2, -0.15) is 5.21 Å². The van der Waals surface area contributed by atoms with E-state index in [1.54, 1.807) is 0 Å². The molecule has 0 amide bonds. The SMILES string of the molecule is NS(=O)(=O)c1c(CC[C@H]2CC[C@@H](N)CC2)ccc(-c2ccc(C3CCNCC3)cc2)c1-c1nn[nH]n1. The highest BCUT2D eigenvalue weighted by atomic mass is 32.2. The summed E-state index contributed by atoms with van der Waals surface area (Å²) in [5.74, 6) is 1.30. The van der Waals surface area contributed by atoms with Crippen LogP contribution in [0.15, 0.2) is 41.3 Å². The highest BCUT2D eigenvalue weighted by molar-refractivity contribution is 7.89. The van der Waals surface area contributed by atoms with Gasteiger partial charge in [0.25, 0.3) is 0 Å². The normalized spacial score (nSPS) is 21.5. The van der Waals surface area contributed by atoms with Crippen molar-refractivity contribution in [3.05, 3.63) is 47.5 Å². The fourth-order valence-electron chi connectivity index (χ4n) is 5.80. The molecule has 2 aliphatic rings. The summed E-state index contributed by atoms with van der Waals surface area (Å²) in [6.07, 6.45) is 7.93. The molecule has 36 heavy (non-hydrogen) atoms. The first-order valence-electron chi connectivity index (χ1n) is 12.9. The molecule has 2 aromatic carbocycles. The van der Waals surface area contributed by atoms with E-state index in [1.807, 2.05) is 24.3 Å². The molecule has 1 aliphatic carbocycles. The van der Waals surface area contributed by atoms with Crippen LogP contribution in [0.4, 0.5) is 0 Å². The number of hydrogen-bond acceptors (Lipinski definition) is 7. The van der Waals surface area contributed by atoms with Crippen molar-refractivity contribution in [2.75, 3.05) is 13.1 Å². The number of aryl methyl sites for hydroxylation is 1. The molecule has 2 heterocycles. The summed E-state index contributed by atoms with van der Waals surface area (Å²) in [5, 5.41) is 23.7. The van der Waals surface area contributed by atoms with Gasteiger partial charge >= 0.3 is 0 Å². The van der Waals surface area contributed by atoms with Gasteiger partial charge in [-0.1, -0.05) is 36.4 Å². The third-order valence-electron chi connectivity index (χ3n) is 7.84. The van der Waals surface area contributed by atoms with Crippen molar-refractivity contribution in [2.45, 2.75) is 68.2 Å². The molecule has 0 radical (unpaired) electrons. The Labute approximate surface area is 212 Å². The average Bonchev–Trinajstić information content (AvgIpc) is 3.43. The first-order chi connectivity index (χ1) is 17.4. The minimum Gasteiger partial charge on any atom is -0.328 e. The summed E-state index contributed by atoms with van der Waals surface area (Å²) in [6.45, 7) is 2.06. The maximum atomic E-state index is 13.0. The van der Waals surface area contributed by atoms with E-state index in [4.69, 9.17) is 10.9 Å². The number of primary sulfonamides is 1. The predicted octanol–water partition coefficient (Wildman–Crippen LogP) is 3.10. The number of piperidine rings is 1. The van der Waals surface area contributed by atoms with Crippen LogP contribution in [-0.2, 0) is 16.4 Å². The van der Waals surface area contributed by atoms with Crippen molar-refractivity contribution in [1.29, 1.82) is 0 Å². The molecule has 6 N–H and O–H groups in total. The number of sulfonamides is 1. The molecule has 0 bridgehead atoms. The lowest BCUT2D eigenvalue weighted by atomic mass is 9.82. The molecular formula is C26H35N7O2S. The van der Waals surface area contributed by atoms with E-state index < -0.39 is 10.0 Å². The molecule has 9 nitrogen and oxygen atoms in total. The molecule has 0 atom stereocenters. The third-order valence-corrected chi connectivity index (χ3v) is 8.87. The second-order valence-corrected chi connectivity index (χ2v) is 11.7. The first-order valence-corrected chi connectivity index (χ1v) is 14.4. The minimum atomic E-state index is -4.06. The van der Waals surface area contributed by atoms with E-state index >= 15 is 0 Å². The third kappa shape index (κ3) is 5.51. The van der Waals surface area contributed by atoms with Gasteiger partial charge in [0.1, 0.15) is 0 Å². The van der Waals surface area contributed by atoms with Gasteiger partial charge in [0.2, 0.25) is 15.8 Å². The van der Waals surface area contributed by atoms with Crippen molar-refractivity contribution < 1.29 is 8.42 Å². The molecule has 0 spiro atoms. The number of nitrogens with zero attached hydrogens (tertiary/aromatic N) is 3. The average molecular weight is 510 g/mol. The maximum absolute atomic E-state index is 13.0. The number of hydrogen-bond donors (Lipinski definition) is 4. The Hall–Kier alpha value is -2.66. The van der Waals surface area contributed by atoms with Gasteiger partial charge in [-0.3, -0.25) is 0 Å². The van der Waals surface area contributed by atoms with Gasteiger partial charge in [0.15, 0.2) is 0 Å². The highest BCUT2D eigenvalue weighted by Crippen LogP contribution is 2.39. The second-order valence-electron chi connectivity index (χ2n) is 10.2. The van der Waals surface area contributed by atoms with Gasteiger partial charge in [0, 0.05) is 6.04 Å². The van der Waals surface area contributed by atoms with Crippen LogP contribution in [0, 0.1) is 5.92 Å². The number of nitrogens with two attached hydrogens (primary N) is 2. The zero-order valence-electron chi connectivity index (χ0n) is 20.5. The van der Waals surface area contributed by atoms with E-state index in [-0.39, 0.29) is 16.8 Å². The molecular weight excluding hydrogens is 474 g/mol. The van der Waals surface area contributed by atoms with Crippen molar-refractivity contribution in [3.63, 3.8) is 0 Å². The molecule has 1 aromatic heterocycles. The van der Waals surface area contributed by atoms with Crippen LogP contribution in [0.2, 0.25) is 0 Å². The van der Waals surface area contributed by atoms with Crippen LogP contribution in [0.3, 0.4) is 0 Å². The monoisotopic (exact) mass is 509 g/mol. The van der Waals surface area contributed by atoms with Crippen LogP contribution in [-0.4, -0.2) is 48.2 Å². The minimum absolute atomic E-state index is 0.0938. The molecule has 3 aromatic rings. The van der Waals surface area contributed by atoms with E-state index in [2.05, 4.69) is 38.1 Å². The van der Waals surface area contributed by atoms with Gasteiger partial charge in [0.05, 0.1) is 10.5 Å². The number of benzene rings is 2. The predicted molar refractivity (Wildman–Crippen MR) is 140 cm³/mol. The van der Waals surface area contributed by atoms with E-state index in [0.29, 0.717) is 29.4 Å². The van der Waals surface area contributed by atoms with Crippen molar-refractivity contribution >= 4 is 10.0 Å². The van der Waals surface area contributed by atoms with Crippen molar-refractivity contribution in [1.82, 2.24) is 25.9 Å². The number of nitrogens with one attached hydrogen (secondary N) is 2. The quantitative estimate of drug-likeness (QED) is 0.382.